The van der Waals surface area contributed by atoms with E-state index in [1.54, 1.807) is 0 Å². The third-order valence-corrected chi connectivity index (χ3v) is 8.04. The Kier molecular flexibility index (Phi) is 3.99. The predicted octanol–water partition coefficient (Wildman–Crippen LogP) is 2.20. The molecule has 0 aliphatic heterocycles. The van der Waals surface area contributed by atoms with Gasteiger partial charge in [-0.05, 0) is 75.2 Å². The SMILES string of the molecule is NC12CC3CC(C1)CC(O)(C3)C2.O=C(O)c1nc2sc3c(c2c(=O)[nH]1)CCC3. The molecule has 150 valence electrons. The number of nitrogens with zero attached hydrogens (tertiary/aromatic N) is 1. The first kappa shape index (κ1) is 18.3. The zero-order valence-electron chi connectivity index (χ0n) is 15.7. The average Bonchev–Trinajstić information content (AvgIpc) is 3.11. The molecule has 2 heterocycles. The fourth-order valence-corrected chi connectivity index (χ4v) is 7.65. The number of carboxylic acid groups (broad SMARTS) is 1. The van der Waals surface area contributed by atoms with E-state index in [-0.39, 0.29) is 22.5 Å². The van der Waals surface area contributed by atoms with E-state index in [0.29, 0.717) is 10.2 Å². The molecule has 4 fully saturated rings. The summed E-state index contributed by atoms with van der Waals surface area (Å²) < 4.78 is 0. The van der Waals surface area contributed by atoms with E-state index in [4.69, 9.17) is 10.8 Å². The number of hydrogen-bond donors (Lipinski definition) is 4. The molecule has 0 radical (unpaired) electrons. The quantitative estimate of drug-likeness (QED) is 0.578. The number of aromatic carboxylic acids is 1. The number of H-pyrrole nitrogens is 1. The highest BCUT2D eigenvalue weighted by Gasteiger charge is 2.55. The molecule has 2 atom stereocenters. The number of aryl methyl sites for hydroxylation is 2. The van der Waals surface area contributed by atoms with Crippen LogP contribution >= 0.6 is 11.3 Å². The molecule has 2 aromatic heterocycles. The van der Waals surface area contributed by atoms with Gasteiger partial charge in [0.05, 0.1) is 11.0 Å². The lowest BCUT2D eigenvalue weighted by atomic mass is 9.51. The summed E-state index contributed by atoms with van der Waals surface area (Å²) in [6.07, 6.45) is 9.54. The summed E-state index contributed by atoms with van der Waals surface area (Å²) in [6, 6.07) is 0. The second-order valence-corrected chi connectivity index (χ2v) is 10.4. The van der Waals surface area contributed by atoms with Crippen LogP contribution in [-0.2, 0) is 12.8 Å². The van der Waals surface area contributed by atoms with Gasteiger partial charge in [-0.3, -0.25) is 4.79 Å². The minimum Gasteiger partial charge on any atom is -0.475 e. The fraction of sp³-hybridized carbons (Fsp3) is 0.650. The van der Waals surface area contributed by atoms with Gasteiger partial charge in [0, 0.05) is 10.4 Å². The van der Waals surface area contributed by atoms with Crippen molar-refractivity contribution in [2.75, 3.05) is 0 Å². The number of carbonyl (C=O) groups is 1. The molecule has 7 rings (SSSR count). The summed E-state index contributed by atoms with van der Waals surface area (Å²) in [5.41, 5.74) is 6.63. The largest absolute Gasteiger partial charge is 0.475 e. The number of aromatic amines is 1. The van der Waals surface area contributed by atoms with E-state index >= 15 is 0 Å². The van der Waals surface area contributed by atoms with Gasteiger partial charge in [0.15, 0.2) is 0 Å². The zero-order chi connectivity index (χ0) is 19.7. The number of aromatic nitrogens is 2. The number of carboxylic acids is 1. The van der Waals surface area contributed by atoms with Crippen molar-refractivity contribution in [1.29, 1.82) is 0 Å². The molecule has 4 bridgehead atoms. The molecule has 2 aromatic rings. The summed E-state index contributed by atoms with van der Waals surface area (Å²) in [5.74, 6) is -0.00696. The number of aliphatic hydroxyl groups is 1. The lowest BCUT2D eigenvalue weighted by molar-refractivity contribution is -0.133. The van der Waals surface area contributed by atoms with Crippen LogP contribution in [0.2, 0.25) is 0 Å². The summed E-state index contributed by atoms with van der Waals surface area (Å²) in [5, 5.41) is 19.6. The van der Waals surface area contributed by atoms with Crippen molar-refractivity contribution in [1.82, 2.24) is 9.97 Å². The molecular formula is C20H25N3O4S. The van der Waals surface area contributed by atoms with Gasteiger partial charge in [-0.2, -0.15) is 0 Å². The first-order valence-corrected chi connectivity index (χ1v) is 10.8. The second-order valence-electron chi connectivity index (χ2n) is 9.30. The Labute approximate surface area is 166 Å². The van der Waals surface area contributed by atoms with E-state index in [2.05, 4.69) is 9.97 Å². The Balaban J connectivity index is 0.000000127. The number of rotatable bonds is 1. The van der Waals surface area contributed by atoms with Crippen molar-refractivity contribution in [2.24, 2.45) is 17.6 Å². The van der Waals surface area contributed by atoms with Crippen LogP contribution in [0.4, 0.5) is 0 Å². The van der Waals surface area contributed by atoms with Crippen molar-refractivity contribution < 1.29 is 15.0 Å². The molecule has 0 amide bonds. The van der Waals surface area contributed by atoms with Crippen LogP contribution in [-0.4, -0.2) is 37.3 Å². The smallest absolute Gasteiger partial charge is 0.372 e. The minimum absolute atomic E-state index is 0.0127. The maximum Gasteiger partial charge on any atom is 0.372 e. The molecule has 0 spiro atoms. The van der Waals surface area contributed by atoms with Crippen molar-refractivity contribution in [3.63, 3.8) is 0 Å². The van der Waals surface area contributed by atoms with Gasteiger partial charge >= 0.3 is 5.97 Å². The van der Waals surface area contributed by atoms with Gasteiger partial charge in [-0.1, -0.05) is 0 Å². The van der Waals surface area contributed by atoms with Gasteiger partial charge in [-0.25, -0.2) is 9.78 Å². The van der Waals surface area contributed by atoms with Gasteiger partial charge in [0.1, 0.15) is 4.83 Å². The summed E-state index contributed by atoms with van der Waals surface area (Å²) in [4.78, 5) is 30.5. The predicted molar refractivity (Wildman–Crippen MR) is 106 cm³/mol. The standard InChI is InChI=1S/C10H8N2O3S.C10H17NO/c13-8-6-4-2-1-3-5(4)16-9(6)12-7(11-8)10(14)15;11-9-2-7-1-8(3-9)5-10(12,4-7)6-9/h1-3H2,(H,14,15)(H,11,12,13);7-8,12H,1-6,11H2. The van der Waals surface area contributed by atoms with Crippen LogP contribution in [0.5, 0.6) is 0 Å². The van der Waals surface area contributed by atoms with E-state index < -0.39 is 5.97 Å². The number of hydrogen-bond acceptors (Lipinski definition) is 6. The van der Waals surface area contributed by atoms with Gasteiger partial charge in [0.2, 0.25) is 5.82 Å². The monoisotopic (exact) mass is 403 g/mol. The van der Waals surface area contributed by atoms with Gasteiger partial charge in [0.25, 0.3) is 5.56 Å². The third kappa shape index (κ3) is 2.98. The van der Waals surface area contributed by atoms with Crippen LogP contribution in [0.15, 0.2) is 4.79 Å². The van der Waals surface area contributed by atoms with Gasteiger partial charge < -0.3 is 20.9 Å². The number of thiophene rings is 1. The lowest BCUT2D eigenvalue weighted by Gasteiger charge is -2.58. The van der Waals surface area contributed by atoms with E-state index in [9.17, 15) is 14.7 Å². The van der Waals surface area contributed by atoms with Gasteiger partial charge in [-0.15, -0.1) is 11.3 Å². The topological polar surface area (TPSA) is 129 Å². The molecule has 5 N–H and O–H groups in total. The fourth-order valence-electron chi connectivity index (χ4n) is 6.39. The Bertz CT molecular complexity index is 992. The normalized spacial score (nSPS) is 34.9. The molecular weight excluding hydrogens is 378 g/mol. The highest BCUT2D eigenvalue weighted by atomic mass is 32.1. The number of nitrogens with two attached hydrogens (primary N) is 1. The molecule has 5 aliphatic rings. The molecule has 8 heteroatoms. The Morgan fingerprint density at radius 1 is 1.21 bits per heavy atom. The maximum atomic E-state index is 11.8. The summed E-state index contributed by atoms with van der Waals surface area (Å²) in [7, 11) is 0. The average molecular weight is 404 g/mol. The Morgan fingerprint density at radius 2 is 1.93 bits per heavy atom. The second kappa shape index (κ2) is 6.11. The third-order valence-electron chi connectivity index (χ3n) is 6.85. The van der Waals surface area contributed by atoms with Crippen LogP contribution in [0.3, 0.4) is 0 Å². The van der Waals surface area contributed by atoms with Crippen molar-refractivity contribution in [2.45, 2.75) is 68.9 Å². The first-order chi connectivity index (χ1) is 13.2. The first-order valence-electron chi connectivity index (χ1n) is 10.0. The molecule has 0 aromatic carbocycles. The zero-order valence-corrected chi connectivity index (χ0v) is 16.5. The molecule has 7 nitrogen and oxygen atoms in total. The highest BCUT2D eigenvalue weighted by Crippen LogP contribution is 2.56. The minimum atomic E-state index is -1.20. The van der Waals surface area contributed by atoms with Crippen LogP contribution in [0.1, 0.15) is 66.0 Å². The highest BCUT2D eigenvalue weighted by molar-refractivity contribution is 7.18. The van der Waals surface area contributed by atoms with E-state index in [1.807, 2.05) is 0 Å². The number of nitrogens with one attached hydrogen (secondary N) is 1. The van der Waals surface area contributed by atoms with Crippen LogP contribution < -0.4 is 11.3 Å². The molecule has 4 saturated carbocycles. The molecule has 5 aliphatic carbocycles. The molecule has 28 heavy (non-hydrogen) atoms. The Hall–Kier alpha value is -1.77. The Morgan fingerprint density at radius 3 is 2.54 bits per heavy atom. The van der Waals surface area contributed by atoms with E-state index in [1.165, 1.54) is 35.5 Å². The molecule has 0 saturated heterocycles. The van der Waals surface area contributed by atoms with Crippen molar-refractivity contribution in [3.8, 4) is 0 Å². The van der Waals surface area contributed by atoms with Crippen LogP contribution in [0.25, 0.3) is 10.2 Å². The molecule has 2 unspecified atom stereocenters. The summed E-state index contributed by atoms with van der Waals surface area (Å²) in [6.45, 7) is 0. The van der Waals surface area contributed by atoms with E-state index in [0.717, 1.165) is 55.9 Å². The number of fused-ring (bicyclic) bond motifs is 3. The summed E-state index contributed by atoms with van der Waals surface area (Å²) >= 11 is 1.44. The van der Waals surface area contributed by atoms with Crippen molar-refractivity contribution in [3.05, 3.63) is 26.6 Å². The lowest BCUT2D eigenvalue weighted by Crippen LogP contribution is -2.62. The maximum absolute atomic E-state index is 11.8. The van der Waals surface area contributed by atoms with Crippen molar-refractivity contribution >= 4 is 27.5 Å². The van der Waals surface area contributed by atoms with Crippen LogP contribution in [0, 0.1) is 11.8 Å².